The molecule has 144 valence electrons. The number of rotatable bonds is 5. The minimum atomic E-state index is -4.86. The highest BCUT2D eigenvalue weighted by atomic mass is 19.4. The van der Waals surface area contributed by atoms with E-state index < -0.39 is 40.6 Å². The summed E-state index contributed by atoms with van der Waals surface area (Å²) in [6, 6.07) is 7.59. The second-order valence-electron chi connectivity index (χ2n) is 5.47. The summed E-state index contributed by atoms with van der Waals surface area (Å²) in [6.07, 6.45) is -4.50. The molecule has 2 aromatic carbocycles. The maximum absolute atomic E-state index is 14.3. The second-order valence-corrected chi connectivity index (χ2v) is 5.47. The summed E-state index contributed by atoms with van der Waals surface area (Å²) in [5.74, 6) is -2.77. The number of hydrogen-bond donors (Lipinski definition) is 2. The molecule has 0 aliphatic rings. The van der Waals surface area contributed by atoms with Crippen LogP contribution in [0.4, 0.5) is 32.0 Å². The van der Waals surface area contributed by atoms with Crippen LogP contribution in [-0.2, 0) is 6.54 Å². The third kappa shape index (κ3) is 5.02. The monoisotopic (exact) mass is 387 g/mol. The lowest BCUT2D eigenvalue weighted by atomic mass is 10.1. The van der Waals surface area contributed by atoms with Gasteiger partial charge in [-0.25, -0.2) is 13.2 Å². The predicted molar refractivity (Wildman–Crippen MR) is 90.9 cm³/mol. The van der Waals surface area contributed by atoms with E-state index in [1.54, 1.807) is 6.07 Å². The molecule has 2 rings (SSSR count). The number of benzene rings is 2. The van der Waals surface area contributed by atoms with Crippen molar-refractivity contribution in [2.24, 2.45) is 10.7 Å². The summed E-state index contributed by atoms with van der Waals surface area (Å²) in [5, 5.41) is 2.65. The lowest BCUT2D eigenvalue weighted by molar-refractivity contribution is -0.0925. The number of aliphatic imine (C=N–C) groups is 1. The molecule has 0 spiro atoms. The van der Waals surface area contributed by atoms with Crippen molar-refractivity contribution in [3.8, 4) is 0 Å². The van der Waals surface area contributed by atoms with Crippen LogP contribution in [0.15, 0.2) is 53.2 Å². The fourth-order valence-electron chi connectivity index (χ4n) is 2.24. The summed E-state index contributed by atoms with van der Waals surface area (Å²) in [6.45, 7) is -0.0411. The number of hydrogen-bond acceptors (Lipinski definition) is 3. The molecular formula is C18H15F6N3. The Labute approximate surface area is 151 Å². The van der Waals surface area contributed by atoms with Crippen LogP contribution >= 0.6 is 0 Å². The van der Waals surface area contributed by atoms with Gasteiger partial charge in [-0.15, -0.1) is 0 Å². The van der Waals surface area contributed by atoms with E-state index in [4.69, 9.17) is 5.73 Å². The first-order valence-electron chi connectivity index (χ1n) is 7.61. The van der Waals surface area contributed by atoms with Gasteiger partial charge in [0, 0.05) is 24.8 Å². The number of halogens is 6. The fourth-order valence-corrected chi connectivity index (χ4v) is 2.24. The van der Waals surface area contributed by atoms with Gasteiger partial charge in [-0.2, -0.15) is 13.2 Å². The molecule has 3 nitrogen and oxygen atoms in total. The number of alkyl halides is 3. The Balaban J connectivity index is 2.30. The molecule has 0 radical (unpaired) electrons. The Morgan fingerprint density at radius 2 is 1.67 bits per heavy atom. The largest absolute Gasteiger partial charge is 0.430 e. The lowest BCUT2D eigenvalue weighted by Gasteiger charge is -2.12. The SMILES string of the molecule is CN=C(/C=C(\N)C(F)(F)F)c1c(F)cc(NCc2ccccc2F)cc1F. The Kier molecular flexibility index (Phi) is 6.14. The molecule has 3 N–H and O–H groups in total. The van der Waals surface area contributed by atoms with Crippen molar-refractivity contribution in [3.05, 3.63) is 76.7 Å². The zero-order valence-corrected chi connectivity index (χ0v) is 14.0. The zero-order chi connectivity index (χ0) is 20.2. The molecule has 0 saturated carbocycles. The smallest absolute Gasteiger partial charge is 0.395 e. The van der Waals surface area contributed by atoms with E-state index in [-0.39, 0.29) is 17.8 Å². The standard InChI is InChI=1S/C18H15F6N3/c1-26-15(8-16(25)18(22,23)24)17-13(20)6-11(7-14(17)21)27-9-10-4-2-3-5-12(10)19/h2-8,27H,9,25H2,1H3/b16-8-,26-15?. The van der Waals surface area contributed by atoms with Crippen molar-refractivity contribution in [1.29, 1.82) is 0 Å². The van der Waals surface area contributed by atoms with Crippen LogP contribution in [0.25, 0.3) is 0 Å². The van der Waals surface area contributed by atoms with Crippen molar-refractivity contribution < 1.29 is 26.3 Å². The lowest BCUT2D eigenvalue weighted by Crippen LogP contribution is -2.21. The van der Waals surface area contributed by atoms with E-state index in [1.165, 1.54) is 18.2 Å². The molecule has 0 aromatic heterocycles. The molecule has 0 saturated heterocycles. The van der Waals surface area contributed by atoms with E-state index in [0.717, 1.165) is 19.2 Å². The molecule has 27 heavy (non-hydrogen) atoms. The van der Waals surface area contributed by atoms with Crippen molar-refractivity contribution in [1.82, 2.24) is 0 Å². The molecular weight excluding hydrogens is 372 g/mol. The Morgan fingerprint density at radius 1 is 1.07 bits per heavy atom. The Bertz CT molecular complexity index is 864. The fraction of sp³-hybridized carbons (Fsp3) is 0.167. The highest BCUT2D eigenvalue weighted by molar-refractivity contribution is 6.09. The van der Waals surface area contributed by atoms with Crippen molar-refractivity contribution in [2.75, 3.05) is 12.4 Å². The Hall–Kier alpha value is -2.97. The van der Waals surface area contributed by atoms with E-state index in [1.807, 2.05) is 0 Å². The number of allylic oxidation sites excluding steroid dienone is 2. The molecule has 0 atom stereocenters. The van der Waals surface area contributed by atoms with Gasteiger partial charge in [0.15, 0.2) is 0 Å². The molecule has 0 unspecified atom stereocenters. The average molecular weight is 387 g/mol. The number of anilines is 1. The maximum Gasteiger partial charge on any atom is 0.430 e. The van der Waals surface area contributed by atoms with Crippen molar-refractivity contribution in [3.63, 3.8) is 0 Å². The summed E-state index contributed by atoms with van der Waals surface area (Å²) < 4.78 is 79.8. The van der Waals surface area contributed by atoms with Gasteiger partial charge < -0.3 is 11.1 Å². The molecule has 9 heteroatoms. The van der Waals surface area contributed by atoms with Crippen molar-refractivity contribution in [2.45, 2.75) is 12.7 Å². The van der Waals surface area contributed by atoms with Crippen LogP contribution in [-0.4, -0.2) is 18.9 Å². The highest BCUT2D eigenvalue weighted by Crippen LogP contribution is 2.25. The first-order valence-corrected chi connectivity index (χ1v) is 7.61. The molecule has 0 heterocycles. The molecule has 0 fully saturated rings. The maximum atomic E-state index is 14.3. The van der Waals surface area contributed by atoms with Gasteiger partial charge in [-0.1, -0.05) is 18.2 Å². The van der Waals surface area contributed by atoms with Crippen LogP contribution in [0.3, 0.4) is 0 Å². The third-order valence-corrected chi connectivity index (χ3v) is 3.60. The van der Waals surface area contributed by atoms with Gasteiger partial charge in [-0.3, -0.25) is 4.99 Å². The molecule has 0 aliphatic carbocycles. The van der Waals surface area contributed by atoms with Gasteiger partial charge in [0.1, 0.15) is 23.1 Å². The molecule has 0 bridgehead atoms. The quantitative estimate of drug-likeness (QED) is 0.585. The van der Waals surface area contributed by atoms with E-state index in [0.29, 0.717) is 6.08 Å². The number of nitrogens with zero attached hydrogens (tertiary/aromatic N) is 1. The van der Waals surface area contributed by atoms with Crippen LogP contribution < -0.4 is 11.1 Å². The van der Waals surface area contributed by atoms with Crippen LogP contribution in [0.5, 0.6) is 0 Å². The summed E-state index contributed by atoms with van der Waals surface area (Å²) in [5.41, 5.74) is 2.26. The molecule has 0 aliphatic heterocycles. The van der Waals surface area contributed by atoms with Gasteiger partial charge in [-0.05, 0) is 24.3 Å². The summed E-state index contributed by atoms with van der Waals surface area (Å²) >= 11 is 0. The summed E-state index contributed by atoms with van der Waals surface area (Å²) in [4.78, 5) is 3.48. The molecule has 2 aromatic rings. The van der Waals surface area contributed by atoms with Crippen LogP contribution in [0.2, 0.25) is 0 Å². The van der Waals surface area contributed by atoms with E-state index in [9.17, 15) is 26.3 Å². The number of nitrogens with two attached hydrogens (primary N) is 1. The normalized spacial score (nSPS) is 13.0. The second kappa shape index (κ2) is 8.15. The average Bonchev–Trinajstić information content (AvgIpc) is 2.58. The molecule has 0 amide bonds. The first-order chi connectivity index (χ1) is 12.6. The third-order valence-electron chi connectivity index (χ3n) is 3.60. The van der Waals surface area contributed by atoms with Gasteiger partial charge in [0.2, 0.25) is 0 Å². The Morgan fingerprint density at radius 3 is 2.19 bits per heavy atom. The highest BCUT2D eigenvalue weighted by Gasteiger charge is 2.32. The summed E-state index contributed by atoms with van der Waals surface area (Å²) in [7, 11) is 1.08. The van der Waals surface area contributed by atoms with Crippen LogP contribution in [0, 0.1) is 17.5 Å². The topological polar surface area (TPSA) is 50.4 Å². The van der Waals surface area contributed by atoms with E-state index >= 15 is 0 Å². The van der Waals surface area contributed by atoms with Crippen LogP contribution in [0.1, 0.15) is 11.1 Å². The minimum absolute atomic E-state index is 0.0137. The zero-order valence-electron chi connectivity index (χ0n) is 14.0. The van der Waals surface area contributed by atoms with Crippen molar-refractivity contribution >= 4 is 11.4 Å². The van der Waals surface area contributed by atoms with Gasteiger partial charge in [0.05, 0.1) is 11.3 Å². The van der Waals surface area contributed by atoms with E-state index in [2.05, 4.69) is 10.3 Å². The predicted octanol–water partition coefficient (Wildman–Crippen LogP) is 4.54. The first kappa shape index (κ1) is 20.3. The minimum Gasteiger partial charge on any atom is -0.395 e. The van der Waals surface area contributed by atoms with Gasteiger partial charge in [0.25, 0.3) is 0 Å². The van der Waals surface area contributed by atoms with Gasteiger partial charge >= 0.3 is 6.18 Å². The number of nitrogens with one attached hydrogen (secondary N) is 1.